The molecule has 8 heteroatoms. The number of nitrogens with zero attached hydrogens (tertiary/aromatic N) is 2. The molecule has 3 rings (SSSR count). The van der Waals surface area contributed by atoms with E-state index >= 15 is 0 Å². The minimum atomic E-state index is -0.575. The van der Waals surface area contributed by atoms with Crippen LogP contribution in [0.4, 0.5) is 0 Å². The van der Waals surface area contributed by atoms with E-state index in [9.17, 15) is 9.59 Å². The number of rotatable bonds is 8. The molecule has 7 nitrogen and oxygen atoms in total. The molecule has 0 saturated carbocycles. The van der Waals surface area contributed by atoms with Crippen molar-refractivity contribution < 1.29 is 19.1 Å². The summed E-state index contributed by atoms with van der Waals surface area (Å²) in [6, 6.07) is 11.6. The summed E-state index contributed by atoms with van der Waals surface area (Å²) in [6.45, 7) is 2.13. The number of primary amides is 1. The molecule has 0 aliphatic carbocycles. The Morgan fingerprint density at radius 2 is 1.93 bits per heavy atom. The van der Waals surface area contributed by atoms with Gasteiger partial charge in [-0.25, -0.2) is 4.98 Å². The molecule has 3 aromatic rings. The Kier molecular flexibility index (Phi) is 6.10. The lowest BCUT2D eigenvalue weighted by Crippen LogP contribution is -2.12. The van der Waals surface area contributed by atoms with Crippen molar-refractivity contribution >= 4 is 23.2 Å². The summed E-state index contributed by atoms with van der Waals surface area (Å²) in [5, 5.41) is 2.24. The molecule has 0 atom stereocenters. The van der Waals surface area contributed by atoms with Crippen molar-refractivity contribution in [2.45, 2.75) is 19.8 Å². The summed E-state index contributed by atoms with van der Waals surface area (Å²) in [5.74, 6) is -0.0680. The Balaban J connectivity index is 2.01. The predicted octanol–water partition coefficient (Wildman–Crippen LogP) is 3.20. The quantitative estimate of drug-likeness (QED) is 0.587. The van der Waals surface area contributed by atoms with E-state index in [1.807, 2.05) is 41.0 Å². The topological polar surface area (TPSA) is 96.4 Å². The molecule has 0 radical (unpaired) electrons. The SMILES string of the molecule is CCOC(=O)CCc1ccc(-c2ccc(OC)cc2)n1-c1nc(C(N)=O)cs1. The molecular formula is C20H21N3O4S. The molecular weight excluding hydrogens is 378 g/mol. The first kappa shape index (κ1) is 19.6. The van der Waals surface area contributed by atoms with Gasteiger partial charge in [0.25, 0.3) is 5.91 Å². The van der Waals surface area contributed by atoms with Crippen molar-refractivity contribution in [3.63, 3.8) is 0 Å². The van der Waals surface area contributed by atoms with E-state index < -0.39 is 5.91 Å². The highest BCUT2D eigenvalue weighted by molar-refractivity contribution is 7.12. The maximum absolute atomic E-state index is 11.8. The van der Waals surface area contributed by atoms with Crippen LogP contribution in [0, 0.1) is 0 Å². The number of amides is 1. The molecule has 2 aromatic heterocycles. The molecule has 0 aliphatic heterocycles. The number of esters is 1. The van der Waals surface area contributed by atoms with Crippen molar-refractivity contribution in [3.05, 3.63) is 53.2 Å². The summed E-state index contributed by atoms with van der Waals surface area (Å²) in [5.41, 5.74) is 8.31. The second kappa shape index (κ2) is 8.71. The number of carbonyl (C=O) groups excluding carboxylic acids is 2. The van der Waals surface area contributed by atoms with Gasteiger partial charge in [0.05, 0.1) is 25.8 Å². The van der Waals surface area contributed by atoms with Crippen LogP contribution in [0.5, 0.6) is 5.75 Å². The fraction of sp³-hybridized carbons (Fsp3) is 0.250. The van der Waals surface area contributed by atoms with E-state index in [2.05, 4.69) is 4.98 Å². The molecule has 1 amide bonds. The lowest BCUT2D eigenvalue weighted by Gasteiger charge is -2.11. The first-order valence-electron chi connectivity index (χ1n) is 8.79. The van der Waals surface area contributed by atoms with Crippen molar-refractivity contribution in [2.24, 2.45) is 5.73 Å². The van der Waals surface area contributed by atoms with Gasteiger partial charge in [0.2, 0.25) is 0 Å². The van der Waals surface area contributed by atoms with Crippen LogP contribution in [-0.2, 0) is 16.0 Å². The van der Waals surface area contributed by atoms with Gasteiger partial charge in [-0.05, 0) is 55.3 Å². The Morgan fingerprint density at radius 1 is 1.18 bits per heavy atom. The largest absolute Gasteiger partial charge is 0.497 e. The third kappa shape index (κ3) is 4.23. The molecule has 28 heavy (non-hydrogen) atoms. The number of aromatic nitrogens is 2. The van der Waals surface area contributed by atoms with Crippen LogP contribution in [0.3, 0.4) is 0 Å². The number of thiazole rings is 1. The minimum absolute atomic E-state index is 0.214. The van der Waals surface area contributed by atoms with Crippen LogP contribution in [-0.4, -0.2) is 35.1 Å². The van der Waals surface area contributed by atoms with E-state index in [1.165, 1.54) is 11.3 Å². The van der Waals surface area contributed by atoms with Gasteiger partial charge in [0.15, 0.2) is 5.13 Å². The van der Waals surface area contributed by atoms with Gasteiger partial charge in [-0.15, -0.1) is 11.3 Å². The van der Waals surface area contributed by atoms with Crippen molar-refractivity contribution in [3.8, 4) is 22.1 Å². The second-order valence-electron chi connectivity index (χ2n) is 5.96. The maximum atomic E-state index is 11.8. The number of ether oxygens (including phenoxy) is 2. The Bertz CT molecular complexity index is 976. The van der Waals surface area contributed by atoms with Crippen LogP contribution >= 0.6 is 11.3 Å². The van der Waals surface area contributed by atoms with E-state index in [1.54, 1.807) is 19.4 Å². The number of hydrogen-bond acceptors (Lipinski definition) is 6. The normalized spacial score (nSPS) is 10.6. The summed E-state index contributed by atoms with van der Waals surface area (Å²) in [7, 11) is 1.62. The number of hydrogen-bond donors (Lipinski definition) is 1. The molecule has 0 saturated heterocycles. The van der Waals surface area contributed by atoms with Crippen LogP contribution in [0.2, 0.25) is 0 Å². The van der Waals surface area contributed by atoms with Crippen LogP contribution in [0.1, 0.15) is 29.5 Å². The van der Waals surface area contributed by atoms with E-state index in [0.717, 1.165) is 22.7 Å². The molecule has 0 spiro atoms. The lowest BCUT2D eigenvalue weighted by atomic mass is 10.1. The Morgan fingerprint density at radius 3 is 2.54 bits per heavy atom. The Hall–Kier alpha value is -3.13. The van der Waals surface area contributed by atoms with E-state index in [-0.39, 0.29) is 18.1 Å². The standard InChI is InChI=1S/C20H21N3O4S/c1-3-27-18(24)11-7-14-6-10-17(13-4-8-15(26-2)9-5-13)23(14)20-22-16(12-28-20)19(21)25/h4-6,8-10,12H,3,7,11H2,1-2H3,(H2,21,25). The second-order valence-corrected chi connectivity index (χ2v) is 6.79. The minimum Gasteiger partial charge on any atom is -0.497 e. The summed E-state index contributed by atoms with van der Waals surface area (Å²) < 4.78 is 12.2. The molecule has 2 heterocycles. The third-order valence-corrected chi connectivity index (χ3v) is 5.00. The van der Waals surface area contributed by atoms with Crippen molar-refractivity contribution in [1.29, 1.82) is 0 Å². The van der Waals surface area contributed by atoms with Crippen LogP contribution in [0.25, 0.3) is 16.4 Å². The smallest absolute Gasteiger partial charge is 0.306 e. The maximum Gasteiger partial charge on any atom is 0.306 e. The number of benzene rings is 1. The highest BCUT2D eigenvalue weighted by atomic mass is 32.1. The van der Waals surface area contributed by atoms with Gasteiger partial charge in [0.1, 0.15) is 11.4 Å². The monoisotopic (exact) mass is 399 g/mol. The van der Waals surface area contributed by atoms with Gasteiger partial charge >= 0.3 is 5.97 Å². The number of carbonyl (C=O) groups is 2. The molecule has 0 fully saturated rings. The zero-order valence-corrected chi connectivity index (χ0v) is 16.5. The molecule has 0 bridgehead atoms. The fourth-order valence-electron chi connectivity index (χ4n) is 2.83. The van der Waals surface area contributed by atoms with Gasteiger partial charge < -0.3 is 15.2 Å². The van der Waals surface area contributed by atoms with E-state index in [4.69, 9.17) is 15.2 Å². The van der Waals surface area contributed by atoms with Gasteiger partial charge in [0, 0.05) is 11.1 Å². The number of methoxy groups -OCH3 is 1. The fourth-order valence-corrected chi connectivity index (χ4v) is 3.69. The summed E-state index contributed by atoms with van der Waals surface area (Å²) in [4.78, 5) is 27.6. The van der Waals surface area contributed by atoms with Crippen molar-refractivity contribution in [2.75, 3.05) is 13.7 Å². The van der Waals surface area contributed by atoms with Crippen LogP contribution in [0.15, 0.2) is 41.8 Å². The average molecular weight is 399 g/mol. The molecule has 0 aliphatic rings. The third-order valence-electron chi connectivity index (χ3n) is 4.17. The molecule has 0 unspecified atom stereocenters. The van der Waals surface area contributed by atoms with Crippen molar-refractivity contribution in [1.82, 2.24) is 9.55 Å². The van der Waals surface area contributed by atoms with Crippen LogP contribution < -0.4 is 10.5 Å². The zero-order chi connectivity index (χ0) is 20.1. The van der Waals surface area contributed by atoms with E-state index in [0.29, 0.717) is 18.2 Å². The summed E-state index contributed by atoms with van der Waals surface area (Å²) in [6.07, 6.45) is 0.744. The first-order valence-corrected chi connectivity index (χ1v) is 9.67. The first-order chi connectivity index (χ1) is 13.5. The molecule has 2 N–H and O–H groups in total. The number of nitrogens with two attached hydrogens (primary N) is 1. The molecule has 1 aromatic carbocycles. The Labute approximate surface area is 166 Å². The lowest BCUT2D eigenvalue weighted by molar-refractivity contribution is -0.143. The summed E-state index contributed by atoms with van der Waals surface area (Å²) >= 11 is 1.32. The predicted molar refractivity (Wildman–Crippen MR) is 107 cm³/mol. The van der Waals surface area contributed by atoms with Gasteiger partial charge in [-0.2, -0.15) is 0 Å². The zero-order valence-electron chi connectivity index (χ0n) is 15.7. The van der Waals surface area contributed by atoms with Gasteiger partial charge in [-0.3, -0.25) is 14.2 Å². The highest BCUT2D eigenvalue weighted by Crippen LogP contribution is 2.30. The highest BCUT2D eigenvalue weighted by Gasteiger charge is 2.17. The molecule has 146 valence electrons. The average Bonchev–Trinajstić information content (AvgIpc) is 3.33. The number of aryl methyl sites for hydroxylation is 1. The van der Waals surface area contributed by atoms with Gasteiger partial charge in [-0.1, -0.05) is 0 Å².